The van der Waals surface area contributed by atoms with E-state index in [1.54, 1.807) is 0 Å². The summed E-state index contributed by atoms with van der Waals surface area (Å²) in [6, 6.07) is 5.30. The highest BCUT2D eigenvalue weighted by molar-refractivity contribution is 7.99. The van der Waals surface area contributed by atoms with Gasteiger partial charge in [-0.1, -0.05) is 30.3 Å². The van der Waals surface area contributed by atoms with Gasteiger partial charge in [-0.05, 0) is 38.1 Å². The summed E-state index contributed by atoms with van der Waals surface area (Å²) in [7, 11) is 0. The number of hydrogen-bond acceptors (Lipinski definition) is 5. The number of halogens is 3. The number of aromatic nitrogens is 3. The number of carbonyl (C=O) groups is 1. The first kappa shape index (κ1) is 19.7. The number of thioether (sulfide) groups is 1. The Balaban J connectivity index is 2.02. The van der Waals surface area contributed by atoms with E-state index < -0.39 is 17.6 Å². The van der Waals surface area contributed by atoms with Crippen LogP contribution < -0.4 is 5.73 Å². The molecule has 0 bridgehead atoms. The van der Waals surface area contributed by atoms with Crippen LogP contribution in [0.15, 0.2) is 29.4 Å². The standard InChI is InChI=1S/C17H20F3N5OS/c18-17(19,20)12-6-2-3-7-13(12)25-15(10-24-8-4-1-5-9-24)22-23-16(25)27-11-14(21)26/h2-3,6-7H,1,4-5,8-11H2,(H2,21,26). The van der Waals surface area contributed by atoms with Crippen LogP contribution in [0.2, 0.25) is 0 Å². The fourth-order valence-electron chi connectivity index (χ4n) is 3.10. The van der Waals surface area contributed by atoms with Gasteiger partial charge in [0.1, 0.15) is 0 Å². The van der Waals surface area contributed by atoms with Crippen LogP contribution >= 0.6 is 11.8 Å². The van der Waals surface area contributed by atoms with Gasteiger partial charge in [-0.2, -0.15) is 13.2 Å². The Morgan fingerprint density at radius 3 is 2.52 bits per heavy atom. The number of hydrogen-bond donors (Lipinski definition) is 1. The first-order valence-corrected chi connectivity index (χ1v) is 9.59. The molecule has 0 saturated carbocycles. The van der Waals surface area contributed by atoms with Crippen molar-refractivity contribution in [3.8, 4) is 5.69 Å². The first-order chi connectivity index (χ1) is 12.9. The fraction of sp³-hybridized carbons (Fsp3) is 0.471. The molecule has 0 unspecified atom stereocenters. The molecule has 2 heterocycles. The molecule has 2 aromatic rings. The van der Waals surface area contributed by atoms with Crippen molar-refractivity contribution in [2.24, 2.45) is 5.73 Å². The van der Waals surface area contributed by atoms with Crippen LogP contribution in [0.4, 0.5) is 13.2 Å². The molecular formula is C17H20F3N5OS. The van der Waals surface area contributed by atoms with Crippen LogP contribution in [0.3, 0.4) is 0 Å². The number of alkyl halides is 3. The second kappa shape index (κ2) is 8.30. The number of para-hydroxylation sites is 1. The molecule has 0 spiro atoms. The first-order valence-electron chi connectivity index (χ1n) is 8.60. The van der Waals surface area contributed by atoms with Gasteiger partial charge >= 0.3 is 6.18 Å². The van der Waals surface area contributed by atoms with Gasteiger partial charge in [-0.25, -0.2) is 0 Å². The number of amides is 1. The third kappa shape index (κ3) is 4.81. The van der Waals surface area contributed by atoms with Crippen molar-refractivity contribution in [2.45, 2.75) is 37.1 Å². The second-order valence-electron chi connectivity index (χ2n) is 6.34. The molecule has 10 heteroatoms. The molecule has 1 aromatic heterocycles. The Hall–Kier alpha value is -2.07. The lowest BCUT2D eigenvalue weighted by Crippen LogP contribution is -2.30. The van der Waals surface area contributed by atoms with Gasteiger partial charge in [-0.3, -0.25) is 14.3 Å². The minimum absolute atomic E-state index is 0.0472. The quantitative estimate of drug-likeness (QED) is 0.756. The Bertz CT molecular complexity index is 802. The third-order valence-corrected chi connectivity index (χ3v) is 5.26. The van der Waals surface area contributed by atoms with E-state index >= 15 is 0 Å². The van der Waals surface area contributed by atoms with Gasteiger partial charge in [0, 0.05) is 0 Å². The molecule has 1 aliphatic heterocycles. The van der Waals surface area contributed by atoms with Crippen molar-refractivity contribution in [2.75, 3.05) is 18.8 Å². The zero-order valence-electron chi connectivity index (χ0n) is 14.6. The minimum atomic E-state index is -4.52. The van der Waals surface area contributed by atoms with Crippen molar-refractivity contribution in [3.63, 3.8) is 0 Å². The summed E-state index contributed by atoms with van der Waals surface area (Å²) in [5.74, 6) is -0.243. The van der Waals surface area contributed by atoms with Crippen molar-refractivity contribution < 1.29 is 18.0 Å². The van der Waals surface area contributed by atoms with Crippen LogP contribution in [0, 0.1) is 0 Å². The molecule has 3 rings (SSSR count). The summed E-state index contributed by atoms with van der Waals surface area (Å²) in [6.45, 7) is 2.14. The average molecular weight is 399 g/mol. The summed E-state index contributed by atoms with van der Waals surface area (Å²) in [6.07, 6.45) is -1.26. The highest BCUT2D eigenvalue weighted by Crippen LogP contribution is 2.35. The maximum Gasteiger partial charge on any atom is 0.418 e. The van der Waals surface area contributed by atoms with Crippen LogP contribution in [0.5, 0.6) is 0 Å². The topological polar surface area (TPSA) is 77.0 Å². The SMILES string of the molecule is NC(=O)CSc1nnc(CN2CCCCC2)n1-c1ccccc1C(F)(F)F. The molecule has 1 aliphatic rings. The van der Waals surface area contributed by atoms with E-state index in [-0.39, 0.29) is 16.6 Å². The van der Waals surface area contributed by atoms with Gasteiger partial charge < -0.3 is 5.73 Å². The van der Waals surface area contributed by atoms with E-state index in [9.17, 15) is 18.0 Å². The van der Waals surface area contributed by atoms with Gasteiger partial charge in [0.15, 0.2) is 11.0 Å². The summed E-state index contributed by atoms with van der Waals surface area (Å²) in [4.78, 5) is 13.3. The maximum atomic E-state index is 13.5. The minimum Gasteiger partial charge on any atom is -0.369 e. The van der Waals surface area contributed by atoms with Gasteiger partial charge in [0.05, 0.1) is 23.5 Å². The maximum absolute atomic E-state index is 13.5. The van der Waals surface area contributed by atoms with Gasteiger partial charge in [-0.15, -0.1) is 10.2 Å². The molecule has 1 fully saturated rings. The predicted molar refractivity (Wildman–Crippen MR) is 95.4 cm³/mol. The van der Waals surface area contributed by atoms with Crippen LogP contribution in [-0.4, -0.2) is 44.4 Å². The second-order valence-corrected chi connectivity index (χ2v) is 7.28. The lowest BCUT2D eigenvalue weighted by molar-refractivity contribution is -0.137. The van der Waals surface area contributed by atoms with E-state index in [4.69, 9.17) is 5.73 Å². The fourth-order valence-corrected chi connectivity index (χ4v) is 3.80. The Labute approximate surface area is 158 Å². The molecule has 0 atom stereocenters. The van der Waals surface area contributed by atoms with Crippen molar-refractivity contribution in [1.29, 1.82) is 0 Å². The van der Waals surface area contributed by atoms with E-state index in [1.165, 1.54) is 22.8 Å². The van der Waals surface area contributed by atoms with E-state index in [1.807, 2.05) is 0 Å². The number of benzene rings is 1. The number of carbonyl (C=O) groups excluding carboxylic acids is 1. The molecule has 1 amide bonds. The smallest absolute Gasteiger partial charge is 0.369 e. The molecule has 1 aromatic carbocycles. The van der Waals surface area contributed by atoms with Crippen molar-refractivity contribution in [3.05, 3.63) is 35.7 Å². The molecule has 27 heavy (non-hydrogen) atoms. The summed E-state index contributed by atoms with van der Waals surface area (Å²) in [5, 5.41) is 8.37. The Kier molecular flexibility index (Phi) is 6.05. The number of nitrogens with two attached hydrogens (primary N) is 1. The molecule has 0 radical (unpaired) electrons. The predicted octanol–water partition coefficient (Wildman–Crippen LogP) is 2.85. The lowest BCUT2D eigenvalue weighted by Gasteiger charge is -2.26. The normalized spacial score (nSPS) is 15.8. The zero-order valence-corrected chi connectivity index (χ0v) is 15.4. The molecular weight excluding hydrogens is 379 g/mol. The van der Waals surface area contributed by atoms with Crippen LogP contribution in [-0.2, 0) is 17.5 Å². The Morgan fingerprint density at radius 1 is 1.15 bits per heavy atom. The number of nitrogens with zero attached hydrogens (tertiary/aromatic N) is 4. The number of primary amides is 1. The average Bonchev–Trinajstić information content (AvgIpc) is 3.02. The molecule has 1 saturated heterocycles. The summed E-state index contributed by atoms with van der Waals surface area (Å²) < 4.78 is 42.0. The largest absolute Gasteiger partial charge is 0.418 e. The van der Waals surface area contributed by atoms with E-state index in [0.29, 0.717) is 12.4 Å². The highest BCUT2D eigenvalue weighted by Gasteiger charge is 2.35. The number of piperidine rings is 1. The van der Waals surface area contributed by atoms with Crippen LogP contribution in [0.1, 0.15) is 30.7 Å². The monoisotopic (exact) mass is 399 g/mol. The summed E-state index contributed by atoms with van der Waals surface area (Å²) >= 11 is 0.981. The van der Waals surface area contributed by atoms with Gasteiger partial charge in [0.2, 0.25) is 5.91 Å². The Morgan fingerprint density at radius 2 is 1.85 bits per heavy atom. The van der Waals surface area contributed by atoms with Gasteiger partial charge in [0.25, 0.3) is 0 Å². The highest BCUT2D eigenvalue weighted by atomic mass is 32.2. The number of rotatable bonds is 6. The van der Waals surface area contributed by atoms with Crippen molar-refractivity contribution >= 4 is 17.7 Å². The molecule has 6 nitrogen and oxygen atoms in total. The van der Waals surface area contributed by atoms with Crippen LogP contribution in [0.25, 0.3) is 5.69 Å². The molecule has 146 valence electrons. The van der Waals surface area contributed by atoms with E-state index in [2.05, 4.69) is 15.1 Å². The number of likely N-dealkylation sites (tertiary alicyclic amines) is 1. The molecule has 0 aliphatic carbocycles. The van der Waals surface area contributed by atoms with E-state index in [0.717, 1.165) is 50.2 Å². The summed E-state index contributed by atoms with van der Waals surface area (Å²) in [5.41, 5.74) is 4.36. The lowest BCUT2D eigenvalue weighted by atomic mass is 10.1. The molecule has 2 N–H and O–H groups in total. The zero-order chi connectivity index (χ0) is 19.4. The van der Waals surface area contributed by atoms with Crippen molar-refractivity contribution in [1.82, 2.24) is 19.7 Å². The third-order valence-electron chi connectivity index (χ3n) is 4.31.